The molecule has 0 atom stereocenters. The van der Waals surface area contributed by atoms with Crippen LogP contribution in [0.1, 0.15) is 38.5 Å². The number of nitrogens with one attached hydrogen (secondary N) is 2. The summed E-state index contributed by atoms with van der Waals surface area (Å²) < 4.78 is 13.0. The highest BCUT2D eigenvalue weighted by Crippen LogP contribution is 2.25. The normalized spacial score (nSPS) is 16.1. The maximum Gasteiger partial charge on any atom is 0.238 e. The molecule has 0 bridgehead atoms. The Morgan fingerprint density at radius 2 is 2.05 bits per heavy atom. The first-order chi connectivity index (χ1) is 9.74. The minimum absolute atomic E-state index is 0.126. The van der Waals surface area contributed by atoms with E-state index in [-0.39, 0.29) is 18.3 Å². The molecule has 0 aromatic heterocycles. The largest absolute Gasteiger partial charge is 0.325 e. The fourth-order valence-electron chi connectivity index (χ4n) is 2.76. The Morgan fingerprint density at radius 3 is 2.80 bits per heavy atom. The number of hydrogen-bond acceptors (Lipinski definition) is 2. The first-order valence-electron chi connectivity index (χ1n) is 7.50. The molecule has 0 aliphatic heterocycles. The van der Waals surface area contributed by atoms with Crippen LogP contribution in [0.25, 0.3) is 0 Å². The maximum absolute atomic E-state index is 13.0. The second-order valence-corrected chi connectivity index (χ2v) is 5.53. The summed E-state index contributed by atoms with van der Waals surface area (Å²) in [6.07, 6.45) is 7.89. The van der Waals surface area contributed by atoms with Gasteiger partial charge in [0.05, 0.1) is 6.54 Å². The van der Waals surface area contributed by atoms with Crippen LogP contribution in [-0.4, -0.2) is 19.0 Å². The van der Waals surface area contributed by atoms with Crippen molar-refractivity contribution in [2.75, 3.05) is 18.4 Å². The number of carbonyl (C=O) groups is 1. The third-order valence-corrected chi connectivity index (χ3v) is 3.85. The van der Waals surface area contributed by atoms with E-state index in [0.717, 1.165) is 18.9 Å². The smallest absolute Gasteiger partial charge is 0.238 e. The zero-order valence-corrected chi connectivity index (χ0v) is 11.8. The van der Waals surface area contributed by atoms with E-state index in [1.807, 2.05) is 0 Å². The Morgan fingerprint density at radius 1 is 1.25 bits per heavy atom. The molecule has 4 heteroatoms. The second-order valence-electron chi connectivity index (χ2n) is 5.53. The van der Waals surface area contributed by atoms with E-state index in [0.29, 0.717) is 5.69 Å². The number of rotatable bonds is 6. The number of hydrogen-bond donors (Lipinski definition) is 2. The van der Waals surface area contributed by atoms with Crippen molar-refractivity contribution in [2.24, 2.45) is 5.92 Å². The molecule has 1 amide bonds. The zero-order valence-electron chi connectivity index (χ0n) is 11.8. The van der Waals surface area contributed by atoms with Gasteiger partial charge in [0.2, 0.25) is 5.91 Å². The Hall–Kier alpha value is -1.42. The molecule has 0 spiro atoms. The van der Waals surface area contributed by atoms with Gasteiger partial charge >= 0.3 is 0 Å². The van der Waals surface area contributed by atoms with Gasteiger partial charge in [0, 0.05) is 5.69 Å². The van der Waals surface area contributed by atoms with Gasteiger partial charge in [-0.05, 0) is 37.1 Å². The molecule has 1 fully saturated rings. The number of carbonyl (C=O) groups excluding carboxylic acids is 1. The first-order valence-corrected chi connectivity index (χ1v) is 7.50. The number of halogens is 1. The van der Waals surface area contributed by atoms with Gasteiger partial charge in [0.1, 0.15) is 5.82 Å². The van der Waals surface area contributed by atoms with Crippen molar-refractivity contribution >= 4 is 11.6 Å². The predicted molar refractivity (Wildman–Crippen MR) is 79.1 cm³/mol. The van der Waals surface area contributed by atoms with Crippen molar-refractivity contribution in [3.8, 4) is 0 Å². The van der Waals surface area contributed by atoms with Crippen molar-refractivity contribution in [3.05, 3.63) is 30.1 Å². The average Bonchev–Trinajstić information content (AvgIpc) is 2.45. The van der Waals surface area contributed by atoms with Crippen molar-refractivity contribution in [2.45, 2.75) is 38.5 Å². The van der Waals surface area contributed by atoms with E-state index in [1.54, 1.807) is 12.1 Å². The highest BCUT2D eigenvalue weighted by molar-refractivity contribution is 5.92. The molecule has 0 radical (unpaired) electrons. The molecule has 0 unspecified atom stereocenters. The lowest BCUT2D eigenvalue weighted by atomic mass is 9.87. The van der Waals surface area contributed by atoms with Crippen molar-refractivity contribution < 1.29 is 9.18 Å². The van der Waals surface area contributed by atoms with Gasteiger partial charge < -0.3 is 10.6 Å². The van der Waals surface area contributed by atoms with Crippen LogP contribution in [0, 0.1) is 11.7 Å². The van der Waals surface area contributed by atoms with Gasteiger partial charge in [-0.15, -0.1) is 0 Å². The molecule has 0 saturated heterocycles. The van der Waals surface area contributed by atoms with Crippen molar-refractivity contribution in [3.63, 3.8) is 0 Å². The van der Waals surface area contributed by atoms with Gasteiger partial charge in [-0.1, -0.05) is 38.2 Å². The molecule has 1 saturated carbocycles. The SMILES string of the molecule is O=C(CNCCC1CCCCC1)Nc1cccc(F)c1. The van der Waals surface area contributed by atoms with E-state index in [9.17, 15) is 9.18 Å². The Kier molecular flexibility index (Phi) is 5.99. The van der Waals surface area contributed by atoms with E-state index in [1.165, 1.54) is 44.2 Å². The Labute approximate surface area is 120 Å². The average molecular weight is 278 g/mol. The van der Waals surface area contributed by atoms with Crippen molar-refractivity contribution in [1.82, 2.24) is 5.32 Å². The van der Waals surface area contributed by atoms with Gasteiger partial charge in [-0.25, -0.2) is 4.39 Å². The van der Waals surface area contributed by atoms with Crippen LogP contribution in [-0.2, 0) is 4.79 Å². The van der Waals surface area contributed by atoms with Crippen LogP contribution in [0.15, 0.2) is 24.3 Å². The number of amides is 1. The number of anilines is 1. The maximum atomic E-state index is 13.0. The molecule has 1 aliphatic rings. The predicted octanol–water partition coefficient (Wildman–Crippen LogP) is 3.32. The van der Waals surface area contributed by atoms with Crippen LogP contribution in [0.2, 0.25) is 0 Å². The summed E-state index contributed by atoms with van der Waals surface area (Å²) in [4.78, 5) is 11.7. The quantitative estimate of drug-likeness (QED) is 0.784. The molecule has 1 aromatic rings. The third kappa shape index (κ3) is 5.29. The molecule has 3 nitrogen and oxygen atoms in total. The highest BCUT2D eigenvalue weighted by Gasteiger charge is 2.12. The Balaban J connectivity index is 1.60. The van der Waals surface area contributed by atoms with Crippen LogP contribution < -0.4 is 10.6 Å². The molecule has 1 aliphatic carbocycles. The summed E-state index contributed by atoms with van der Waals surface area (Å²) in [5, 5.41) is 5.84. The first kappa shape index (κ1) is 15.0. The molecular weight excluding hydrogens is 255 g/mol. The molecule has 20 heavy (non-hydrogen) atoms. The molecule has 2 N–H and O–H groups in total. The number of benzene rings is 1. The summed E-state index contributed by atoms with van der Waals surface area (Å²) in [5.41, 5.74) is 0.504. The van der Waals surface area contributed by atoms with Crippen LogP contribution in [0.3, 0.4) is 0 Å². The summed E-state index contributed by atoms with van der Waals surface area (Å²) in [6.45, 7) is 1.16. The van der Waals surface area contributed by atoms with E-state index in [4.69, 9.17) is 0 Å². The van der Waals surface area contributed by atoms with Gasteiger partial charge in [0.15, 0.2) is 0 Å². The van der Waals surface area contributed by atoms with Crippen molar-refractivity contribution in [1.29, 1.82) is 0 Å². The standard InChI is InChI=1S/C16H23FN2O/c17-14-7-4-8-15(11-14)19-16(20)12-18-10-9-13-5-2-1-3-6-13/h4,7-8,11,13,18H,1-3,5-6,9-10,12H2,(H,19,20). The lowest BCUT2D eigenvalue weighted by molar-refractivity contribution is -0.115. The fourth-order valence-corrected chi connectivity index (χ4v) is 2.76. The minimum Gasteiger partial charge on any atom is -0.325 e. The third-order valence-electron chi connectivity index (χ3n) is 3.85. The monoisotopic (exact) mass is 278 g/mol. The Bertz CT molecular complexity index is 430. The highest BCUT2D eigenvalue weighted by atomic mass is 19.1. The summed E-state index contributed by atoms with van der Waals surface area (Å²) in [6, 6.07) is 5.95. The van der Waals surface area contributed by atoms with E-state index in [2.05, 4.69) is 10.6 Å². The van der Waals surface area contributed by atoms with Crippen LogP contribution in [0.4, 0.5) is 10.1 Å². The molecular formula is C16H23FN2O. The van der Waals surface area contributed by atoms with Gasteiger partial charge in [0.25, 0.3) is 0 Å². The summed E-state index contributed by atoms with van der Waals surface area (Å²) in [7, 11) is 0. The van der Waals surface area contributed by atoms with E-state index >= 15 is 0 Å². The lowest BCUT2D eigenvalue weighted by Gasteiger charge is -2.21. The molecule has 110 valence electrons. The lowest BCUT2D eigenvalue weighted by Crippen LogP contribution is -2.29. The van der Waals surface area contributed by atoms with Gasteiger partial charge in [-0.3, -0.25) is 4.79 Å². The zero-order chi connectivity index (χ0) is 14.2. The molecule has 0 heterocycles. The molecule has 1 aromatic carbocycles. The van der Waals surface area contributed by atoms with E-state index < -0.39 is 0 Å². The van der Waals surface area contributed by atoms with Gasteiger partial charge in [-0.2, -0.15) is 0 Å². The van der Waals surface area contributed by atoms with Crippen LogP contribution >= 0.6 is 0 Å². The topological polar surface area (TPSA) is 41.1 Å². The fraction of sp³-hybridized carbons (Fsp3) is 0.562. The summed E-state index contributed by atoms with van der Waals surface area (Å²) >= 11 is 0. The minimum atomic E-state index is -0.340. The van der Waals surface area contributed by atoms with Crippen LogP contribution in [0.5, 0.6) is 0 Å². The summed E-state index contributed by atoms with van der Waals surface area (Å²) in [5.74, 6) is 0.356. The molecule has 2 rings (SSSR count). The second kappa shape index (κ2) is 8.00.